The summed E-state index contributed by atoms with van der Waals surface area (Å²) in [7, 11) is 1.76. The van der Waals surface area contributed by atoms with Crippen LogP contribution in [0.25, 0.3) is 11.0 Å². The zero-order valence-corrected chi connectivity index (χ0v) is 18.0. The average molecular weight is 415 g/mol. The quantitative estimate of drug-likeness (QED) is 0.802. The molecule has 2 fully saturated rings. The molecule has 1 aliphatic heterocycles. The molecule has 8 heteroatoms. The predicted octanol–water partition coefficient (Wildman–Crippen LogP) is 2.14. The normalized spacial score (nSPS) is 24.5. The number of hydrogen-bond donors (Lipinski definition) is 2. The summed E-state index contributed by atoms with van der Waals surface area (Å²) in [5.41, 5.74) is 2.10. The van der Waals surface area contributed by atoms with Crippen LogP contribution < -0.4 is 11.0 Å². The number of nitrogens with zero attached hydrogens (tertiary/aromatic N) is 2. The molecule has 0 radical (unpaired) electrons. The molecule has 2 aliphatic rings. The molecule has 1 aliphatic carbocycles. The molecule has 1 aromatic heterocycles. The lowest BCUT2D eigenvalue weighted by molar-refractivity contribution is -0.131. The van der Waals surface area contributed by atoms with Crippen LogP contribution in [-0.4, -0.2) is 57.6 Å². The van der Waals surface area contributed by atoms with Crippen LogP contribution in [-0.2, 0) is 16.6 Å². The molecule has 2 aromatic rings. The average Bonchev–Trinajstić information content (AvgIpc) is 2.94. The first-order valence-corrected chi connectivity index (χ1v) is 10.6. The molecule has 1 saturated heterocycles. The van der Waals surface area contributed by atoms with Crippen LogP contribution in [0.4, 0.5) is 4.79 Å². The fraction of sp³-hybridized carbons (Fsp3) is 0.591. The van der Waals surface area contributed by atoms with Crippen molar-refractivity contribution in [1.82, 2.24) is 19.8 Å². The van der Waals surface area contributed by atoms with Crippen LogP contribution in [0, 0.1) is 5.92 Å². The number of benzene rings is 1. The molecule has 1 saturated carbocycles. The number of nitrogens with one attached hydrogen (secondary N) is 2. The number of imidazole rings is 1. The van der Waals surface area contributed by atoms with E-state index in [9.17, 15) is 14.4 Å². The maximum Gasteiger partial charge on any atom is 0.410 e. The third-order valence-electron chi connectivity index (χ3n) is 6.13. The highest BCUT2D eigenvalue weighted by molar-refractivity contribution is 5.91. The largest absolute Gasteiger partial charge is 0.444 e. The second-order valence-electron chi connectivity index (χ2n) is 9.39. The number of fused-ring (bicyclic) bond motifs is 1. The van der Waals surface area contributed by atoms with E-state index in [0.717, 1.165) is 29.4 Å². The van der Waals surface area contributed by atoms with Crippen LogP contribution in [0.3, 0.4) is 0 Å². The standard InChI is InChI=1S/C22H30N4O4/c1-22(2,3)30-21(29)26-9-8-23-12-17(26)19(27)14-10-13(11-14)15-6-5-7-16-18(15)25(4)20(28)24-16/h5-7,13-14,17,23H,8-12H2,1-4H3,(H,24,28). The lowest BCUT2D eigenvalue weighted by Gasteiger charge is -2.41. The van der Waals surface area contributed by atoms with Gasteiger partial charge in [-0.05, 0) is 51.2 Å². The molecule has 2 N–H and O–H groups in total. The third kappa shape index (κ3) is 3.76. The zero-order valence-electron chi connectivity index (χ0n) is 18.0. The van der Waals surface area contributed by atoms with Crippen molar-refractivity contribution in [3.8, 4) is 0 Å². The summed E-state index contributed by atoms with van der Waals surface area (Å²) in [6.45, 7) is 7.06. The molecule has 0 spiro atoms. The molecule has 0 bridgehead atoms. The summed E-state index contributed by atoms with van der Waals surface area (Å²) >= 11 is 0. The number of ketones is 1. The van der Waals surface area contributed by atoms with Crippen LogP contribution in [0.15, 0.2) is 23.0 Å². The van der Waals surface area contributed by atoms with Gasteiger partial charge in [-0.2, -0.15) is 0 Å². The number of carbonyl (C=O) groups is 2. The predicted molar refractivity (Wildman–Crippen MR) is 114 cm³/mol. The zero-order chi connectivity index (χ0) is 21.6. The van der Waals surface area contributed by atoms with Gasteiger partial charge in [0.05, 0.1) is 11.0 Å². The second kappa shape index (κ2) is 7.58. The molecule has 30 heavy (non-hydrogen) atoms. The van der Waals surface area contributed by atoms with Crippen LogP contribution in [0.2, 0.25) is 0 Å². The molecule has 8 nitrogen and oxygen atoms in total. The number of H-pyrrole nitrogens is 1. The van der Waals surface area contributed by atoms with Crippen molar-refractivity contribution < 1.29 is 14.3 Å². The Morgan fingerprint density at radius 1 is 1.20 bits per heavy atom. The topological polar surface area (TPSA) is 96.4 Å². The number of ether oxygens (including phenoxy) is 1. The van der Waals surface area contributed by atoms with E-state index >= 15 is 0 Å². The Morgan fingerprint density at radius 3 is 2.63 bits per heavy atom. The lowest BCUT2D eigenvalue weighted by Crippen LogP contribution is -2.59. The van der Waals surface area contributed by atoms with Crippen molar-refractivity contribution in [2.24, 2.45) is 13.0 Å². The highest BCUT2D eigenvalue weighted by Crippen LogP contribution is 2.44. The van der Waals surface area contributed by atoms with Gasteiger partial charge in [0.2, 0.25) is 0 Å². The van der Waals surface area contributed by atoms with Crippen molar-refractivity contribution in [3.05, 3.63) is 34.2 Å². The van der Waals surface area contributed by atoms with Gasteiger partial charge in [-0.15, -0.1) is 0 Å². The Hall–Kier alpha value is -2.61. The van der Waals surface area contributed by atoms with E-state index in [1.807, 2.05) is 39.0 Å². The number of hydrogen-bond acceptors (Lipinski definition) is 5. The number of aromatic amines is 1. The molecule has 4 rings (SSSR count). The van der Waals surface area contributed by atoms with Gasteiger partial charge in [-0.1, -0.05) is 12.1 Å². The van der Waals surface area contributed by atoms with E-state index in [2.05, 4.69) is 10.3 Å². The van der Waals surface area contributed by atoms with Gasteiger partial charge in [0.1, 0.15) is 11.6 Å². The minimum Gasteiger partial charge on any atom is -0.444 e. The number of amides is 1. The fourth-order valence-electron chi connectivity index (χ4n) is 4.54. The number of rotatable bonds is 3. The molecule has 162 valence electrons. The monoisotopic (exact) mass is 414 g/mol. The number of para-hydroxylation sites is 1. The van der Waals surface area contributed by atoms with Crippen molar-refractivity contribution >= 4 is 22.9 Å². The summed E-state index contributed by atoms with van der Waals surface area (Å²) < 4.78 is 7.15. The number of aryl methyl sites for hydroxylation is 1. The summed E-state index contributed by atoms with van der Waals surface area (Å²) in [5, 5.41) is 3.23. The molecular formula is C22H30N4O4. The molecular weight excluding hydrogens is 384 g/mol. The first-order chi connectivity index (χ1) is 14.2. The Balaban J connectivity index is 1.47. The number of carbonyl (C=O) groups excluding carboxylic acids is 2. The first-order valence-electron chi connectivity index (χ1n) is 10.6. The van der Waals surface area contributed by atoms with E-state index in [1.165, 1.54) is 0 Å². The highest BCUT2D eigenvalue weighted by atomic mass is 16.6. The van der Waals surface area contributed by atoms with E-state index in [0.29, 0.717) is 19.6 Å². The van der Waals surface area contributed by atoms with E-state index in [-0.39, 0.29) is 23.3 Å². The molecule has 1 amide bonds. The first kappa shape index (κ1) is 20.7. The summed E-state index contributed by atoms with van der Waals surface area (Å²) in [6.07, 6.45) is 1.04. The van der Waals surface area contributed by atoms with Crippen LogP contribution >= 0.6 is 0 Å². The van der Waals surface area contributed by atoms with Gasteiger partial charge in [0.15, 0.2) is 5.78 Å². The fourth-order valence-corrected chi connectivity index (χ4v) is 4.54. The number of Topliss-reactive ketones (excluding diaryl/α,β-unsaturated/α-hetero) is 1. The summed E-state index contributed by atoms with van der Waals surface area (Å²) in [6, 6.07) is 5.38. The minimum absolute atomic E-state index is 0.0870. The Labute approximate surface area is 175 Å². The molecule has 1 unspecified atom stereocenters. The van der Waals surface area contributed by atoms with Crippen molar-refractivity contribution in [2.45, 2.75) is 51.2 Å². The summed E-state index contributed by atoms with van der Waals surface area (Å²) in [5.74, 6) is 0.242. The second-order valence-corrected chi connectivity index (χ2v) is 9.39. The Morgan fingerprint density at radius 2 is 1.93 bits per heavy atom. The maximum absolute atomic E-state index is 13.2. The van der Waals surface area contributed by atoms with Crippen molar-refractivity contribution in [1.29, 1.82) is 0 Å². The summed E-state index contributed by atoms with van der Waals surface area (Å²) in [4.78, 5) is 42.3. The van der Waals surface area contributed by atoms with Crippen molar-refractivity contribution in [3.63, 3.8) is 0 Å². The molecule has 2 heterocycles. The van der Waals surface area contributed by atoms with Gasteiger partial charge in [0.25, 0.3) is 0 Å². The number of piperazine rings is 1. The van der Waals surface area contributed by atoms with Gasteiger partial charge in [-0.3, -0.25) is 14.3 Å². The maximum atomic E-state index is 13.2. The van der Waals surface area contributed by atoms with Crippen molar-refractivity contribution in [2.75, 3.05) is 19.6 Å². The van der Waals surface area contributed by atoms with E-state index < -0.39 is 17.7 Å². The number of aromatic nitrogens is 2. The Bertz CT molecular complexity index is 1030. The minimum atomic E-state index is -0.595. The SMILES string of the molecule is Cn1c(=O)[nH]c2cccc(C3CC(C(=O)C4CNCCN4C(=O)OC(C)(C)C)C3)c21. The van der Waals surface area contributed by atoms with Crippen LogP contribution in [0.5, 0.6) is 0 Å². The Kier molecular flexibility index (Phi) is 5.22. The van der Waals surface area contributed by atoms with Gasteiger partial charge in [0, 0.05) is 32.6 Å². The van der Waals surface area contributed by atoms with Gasteiger partial charge in [-0.25, -0.2) is 9.59 Å². The van der Waals surface area contributed by atoms with E-state index in [1.54, 1.807) is 16.5 Å². The smallest absolute Gasteiger partial charge is 0.410 e. The van der Waals surface area contributed by atoms with E-state index in [4.69, 9.17) is 4.74 Å². The highest BCUT2D eigenvalue weighted by Gasteiger charge is 2.43. The van der Waals surface area contributed by atoms with Gasteiger partial charge >= 0.3 is 11.8 Å². The lowest BCUT2D eigenvalue weighted by atomic mass is 9.68. The van der Waals surface area contributed by atoms with Gasteiger partial charge < -0.3 is 15.0 Å². The third-order valence-corrected chi connectivity index (χ3v) is 6.13. The van der Waals surface area contributed by atoms with Crippen LogP contribution in [0.1, 0.15) is 45.1 Å². The molecule has 1 aromatic carbocycles. The molecule has 1 atom stereocenters.